The predicted molar refractivity (Wildman–Crippen MR) is 101 cm³/mol. The van der Waals surface area contributed by atoms with E-state index in [9.17, 15) is 20.2 Å². The maximum absolute atomic E-state index is 11.2. The number of methoxy groups -OCH3 is 1. The number of hydrogen-bond donors (Lipinski definition) is 0. The highest BCUT2D eigenvalue weighted by atomic mass is 16.6. The highest BCUT2D eigenvalue weighted by molar-refractivity contribution is 5.81. The van der Waals surface area contributed by atoms with Gasteiger partial charge < -0.3 is 9.64 Å². The van der Waals surface area contributed by atoms with Gasteiger partial charge in [0, 0.05) is 23.9 Å². The van der Waals surface area contributed by atoms with Crippen LogP contribution < -0.4 is 9.64 Å². The molecule has 0 N–H and O–H groups in total. The average molecular weight is 365 g/mol. The molecule has 0 spiro atoms. The van der Waals surface area contributed by atoms with Crippen molar-refractivity contribution in [1.29, 1.82) is 0 Å². The fourth-order valence-electron chi connectivity index (χ4n) is 2.71. The largest absolute Gasteiger partial charge is 0.494 e. The van der Waals surface area contributed by atoms with Gasteiger partial charge in [0.2, 0.25) is 0 Å². The normalized spacial score (nSPS) is 10.3. The van der Waals surface area contributed by atoms with Crippen molar-refractivity contribution in [2.45, 2.75) is 0 Å². The number of non-ortho nitro benzene ring substituents is 2. The van der Waals surface area contributed by atoms with Crippen molar-refractivity contribution in [2.24, 2.45) is 0 Å². The molecule has 0 aliphatic rings. The molecular weight excluding hydrogens is 350 g/mol. The summed E-state index contributed by atoms with van der Waals surface area (Å²) < 4.78 is 5.36. The van der Waals surface area contributed by atoms with Gasteiger partial charge in [-0.2, -0.15) is 0 Å². The van der Waals surface area contributed by atoms with Crippen LogP contribution >= 0.6 is 0 Å². The fourth-order valence-corrected chi connectivity index (χ4v) is 2.71. The Kier molecular flexibility index (Phi) is 4.98. The first-order chi connectivity index (χ1) is 13.0. The Morgan fingerprint density at radius 2 is 1.41 bits per heavy atom. The molecule has 0 bridgehead atoms. The molecule has 0 saturated heterocycles. The number of ether oxygens (including phenoxy) is 1. The van der Waals surface area contributed by atoms with Gasteiger partial charge in [-0.1, -0.05) is 24.3 Å². The summed E-state index contributed by atoms with van der Waals surface area (Å²) in [5.74, 6) is 0.277. The number of nitro groups is 2. The molecule has 136 valence electrons. The summed E-state index contributed by atoms with van der Waals surface area (Å²) in [5, 5.41) is 22.3. The first-order valence-electron chi connectivity index (χ1n) is 7.93. The third-order valence-corrected chi connectivity index (χ3v) is 3.93. The first kappa shape index (κ1) is 17.9. The molecule has 0 aromatic heterocycles. The summed E-state index contributed by atoms with van der Waals surface area (Å²) in [6, 6.07) is 19.6. The molecule has 3 rings (SSSR count). The van der Waals surface area contributed by atoms with Crippen LogP contribution in [-0.4, -0.2) is 17.0 Å². The first-order valence-corrected chi connectivity index (χ1v) is 7.93. The summed E-state index contributed by atoms with van der Waals surface area (Å²) in [6.07, 6.45) is 0. The van der Waals surface area contributed by atoms with Crippen molar-refractivity contribution in [3.8, 4) is 5.75 Å². The Balaban J connectivity index is 2.22. The van der Waals surface area contributed by atoms with Crippen LogP contribution in [0, 0.1) is 20.2 Å². The maximum Gasteiger partial charge on any atom is 0.273 e. The second kappa shape index (κ2) is 7.52. The zero-order valence-electron chi connectivity index (χ0n) is 14.3. The van der Waals surface area contributed by atoms with Crippen LogP contribution in [0.1, 0.15) is 0 Å². The van der Waals surface area contributed by atoms with Crippen LogP contribution in [-0.2, 0) is 0 Å². The highest BCUT2D eigenvalue weighted by Gasteiger charge is 2.21. The Labute approximate surface area is 154 Å². The standard InChI is InChI=1S/C19H15N3O5/c1-27-19-13-17(22(25)26)10-11-18(19)20(14-6-3-2-4-7-14)15-8-5-9-16(12-15)21(23)24/h2-13H,1H3. The molecule has 3 aromatic carbocycles. The molecule has 8 nitrogen and oxygen atoms in total. The lowest BCUT2D eigenvalue weighted by molar-refractivity contribution is -0.385. The molecule has 0 fully saturated rings. The van der Waals surface area contributed by atoms with Gasteiger partial charge in [-0.3, -0.25) is 20.2 Å². The number of rotatable bonds is 6. The van der Waals surface area contributed by atoms with E-state index in [1.54, 1.807) is 23.1 Å². The summed E-state index contributed by atoms with van der Waals surface area (Å²) in [6.45, 7) is 0. The van der Waals surface area contributed by atoms with E-state index in [1.807, 2.05) is 30.3 Å². The zero-order valence-corrected chi connectivity index (χ0v) is 14.3. The Bertz CT molecular complexity index is 992. The van der Waals surface area contributed by atoms with Gasteiger partial charge in [-0.25, -0.2) is 0 Å². The molecule has 0 aliphatic carbocycles. The quantitative estimate of drug-likeness (QED) is 0.451. The van der Waals surface area contributed by atoms with Crippen molar-refractivity contribution in [2.75, 3.05) is 12.0 Å². The smallest absolute Gasteiger partial charge is 0.273 e. The average Bonchev–Trinajstić information content (AvgIpc) is 2.69. The third-order valence-electron chi connectivity index (χ3n) is 3.93. The van der Waals surface area contributed by atoms with E-state index in [4.69, 9.17) is 4.74 Å². The van der Waals surface area contributed by atoms with E-state index in [2.05, 4.69) is 0 Å². The van der Waals surface area contributed by atoms with Gasteiger partial charge in [-0.05, 0) is 24.3 Å². The van der Waals surface area contributed by atoms with Crippen LogP contribution in [0.3, 0.4) is 0 Å². The van der Waals surface area contributed by atoms with Gasteiger partial charge in [-0.15, -0.1) is 0 Å². The van der Waals surface area contributed by atoms with E-state index in [0.717, 1.165) is 5.69 Å². The molecule has 0 unspecified atom stereocenters. The lowest BCUT2D eigenvalue weighted by atomic mass is 10.1. The van der Waals surface area contributed by atoms with E-state index >= 15 is 0 Å². The second-order valence-electron chi connectivity index (χ2n) is 5.56. The summed E-state index contributed by atoms with van der Waals surface area (Å²) in [7, 11) is 1.42. The van der Waals surface area contributed by atoms with Crippen LogP contribution in [0.25, 0.3) is 0 Å². The van der Waals surface area contributed by atoms with Gasteiger partial charge in [0.25, 0.3) is 11.4 Å². The molecule has 0 atom stereocenters. The van der Waals surface area contributed by atoms with Crippen molar-refractivity contribution in [3.05, 3.63) is 93.0 Å². The monoisotopic (exact) mass is 365 g/mol. The lowest BCUT2D eigenvalue weighted by Crippen LogP contribution is -2.11. The molecule has 0 aliphatic heterocycles. The lowest BCUT2D eigenvalue weighted by Gasteiger charge is -2.26. The molecule has 27 heavy (non-hydrogen) atoms. The number of nitrogens with zero attached hydrogens (tertiary/aromatic N) is 3. The highest BCUT2D eigenvalue weighted by Crippen LogP contribution is 2.42. The van der Waals surface area contributed by atoms with Crippen LogP contribution in [0.15, 0.2) is 72.8 Å². The second-order valence-corrected chi connectivity index (χ2v) is 5.56. The molecule has 0 heterocycles. The zero-order chi connectivity index (χ0) is 19.4. The van der Waals surface area contributed by atoms with Gasteiger partial charge in [0.1, 0.15) is 5.75 Å². The minimum absolute atomic E-state index is 0.0608. The van der Waals surface area contributed by atoms with Gasteiger partial charge in [0.05, 0.1) is 34.4 Å². The molecule has 3 aromatic rings. The summed E-state index contributed by atoms with van der Waals surface area (Å²) in [5.41, 5.74) is 1.61. The number of nitro benzene ring substituents is 2. The minimum atomic E-state index is -0.507. The number of hydrogen-bond acceptors (Lipinski definition) is 6. The Morgan fingerprint density at radius 3 is 2.04 bits per heavy atom. The molecule has 0 radical (unpaired) electrons. The van der Waals surface area contributed by atoms with E-state index < -0.39 is 9.85 Å². The molecule has 8 heteroatoms. The van der Waals surface area contributed by atoms with Crippen LogP contribution in [0.4, 0.5) is 28.4 Å². The van der Waals surface area contributed by atoms with Crippen molar-refractivity contribution >= 4 is 28.4 Å². The summed E-state index contributed by atoms with van der Waals surface area (Å²) in [4.78, 5) is 23.0. The summed E-state index contributed by atoms with van der Waals surface area (Å²) >= 11 is 0. The Morgan fingerprint density at radius 1 is 0.778 bits per heavy atom. The van der Waals surface area contributed by atoms with E-state index in [1.165, 1.54) is 31.4 Å². The van der Waals surface area contributed by atoms with Crippen molar-refractivity contribution in [3.63, 3.8) is 0 Å². The van der Waals surface area contributed by atoms with Crippen molar-refractivity contribution in [1.82, 2.24) is 0 Å². The predicted octanol–water partition coefficient (Wildman–Crippen LogP) is 4.98. The number of anilines is 3. The van der Waals surface area contributed by atoms with Crippen LogP contribution in [0.2, 0.25) is 0 Å². The van der Waals surface area contributed by atoms with Crippen molar-refractivity contribution < 1.29 is 14.6 Å². The topological polar surface area (TPSA) is 98.8 Å². The SMILES string of the molecule is COc1cc([N+](=O)[O-])ccc1N(c1ccccc1)c1cccc([N+](=O)[O-])c1. The molecular formula is C19H15N3O5. The molecule has 0 saturated carbocycles. The third kappa shape index (κ3) is 3.69. The Hall–Kier alpha value is -3.94. The van der Waals surface area contributed by atoms with E-state index in [-0.39, 0.29) is 17.1 Å². The fraction of sp³-hybridized carbons (Fsp3) is 0.0526. The van der Waals surface area contributed by atoms with Gasteiger partial charge in [0.15, 0.2) is 0 Å². The number of para-hydroxylation sites is 1. The van der Waals surface area contributed by atoms with E-state index in [0.29, 0.717) is 11.4 Å². The van der Waals surface area contributed by atoms with Crippen LogP contribution in [0.5, 0.6) is 5.75 Å². The molecule has 0 amide bonds. The minimum Gasteiger partial charge on any atom is -0.494 e. The maximum atomic E-state index is 11.2. The van der Waals surface area contributed by atoms with Gasteiger partial charge >= 0.3 is 0 Å². The number of benzene rings is 3.